The van der Waals surface area contributed by atoms with Gasteiger partial charge in [0.15, 0.2) is 23.0 Å². The Morgan fingerprint density at radius 3 is 1.21 bits per heavy atom. The molecule has 0 aromatic heterocycles. The van der Waals surface area contributed by atoms with Gasteiger partial charge in [-0.25, -0.2) is 0 Å². The number of fused-ring (bicyclic) bond motifs is 2. The van der Waals surface area contributed by atoms with Crippen LogP contribution in [0.5, 0.6) is 23.0 Å². The molecular weight excluding hydrogens is 496 g/mol. The smallest absolute Gasteiger partial charge is 0.162 e. The van der Waals surface area contributed by atoms with Crippen LogP contribution in [0.3, 0.4) is 0 Å². The van der Waals surface area contributed by atoms with Crippen LogP contribution in [0.4, 0.5) is 0 Å². The molecule has 1 heterocycles. The van der Waals surface area contributed by atoms with Crippen LogP contribution in [0.15, 0.2) is 45.3 Å². The molecule has 1 aliphatic heterocycles. The minimum Gasteiger partial charge on any atom is -0.487 e. The zero-order chi connectivity index (χ0) is 19.6. The van der Waals surface area contributed by atoms with Gasteiger partial charge in [-0.3, -0.25) is 0 Å². The van der Waals surface area contributed by atoms with Crippen molar-refractivity contribution in [3.05, 3.63) is 45.3 Å². The van der Waals surface area contributed by atoms with Crippen molar-refractivity contribution in [2.45, 2.75) is 0 Å². The molecule has 0 saturated carbocycles. The number of hydrogen-bond acceptors (Lipinski definition) is 6. The molecule has 1 aliphatic rings. The molecule has 0 atom stereocenters. The standard InChI is InChI=1S/C20H22Br2O6/c21-15-1-3-17-19(13-15)27-11-7-24-8-12-28-20-14-16(22)2-4-18(20)26-10-6-23-5-9-25-17/h1-4,13-14H,5-12H2. The summed E-state index contributed by atoms with van der Waals surface area (Å²) in [5.74, 6) is 2.67. The van der Waals surface area contributed by atoms with Crippen LogP contribution in [0.2, 0.25) is 0 Å². The van der Waals surface area contributed by atoms with E-state index in [1.54, 1.807) is 0 Å². The summed E-state index contributed by atoms with van der Waals surface area (Å²) in [6.07, 6.45) is 0. The van der Waals surface area contributed by atoms with Crippen LogP contribution in [0, 0.1) is 0 Å². The fourth-order valence-electron chi connectivity index (χ4n) is 2.47. The molecule has 8 heteroatoms. The summed E-state index contributed by atoms with van der Waals surface area (Å²) in [5, 5.41) is 0. The van der Waals surface area contributed by atoms with Gasteiger partial charge in [0.2, 0.25) is 0 Å². The number of halogens is 2. The maximum Gasteiger partial charge on any atom is 0.162 e. The number of hydrogen-bond donors (Lipinski definition) is 0. The molecule has 2 aromatic rings. The maximum atomic E-state index is 5.80. The molecule has 0 saturated heterocycles. The predicted octanol–water partition coefficient (Wildman–Crippen LogP) is 4.47. The molecule has 28 heavy (non-hydrogen) atoms. The van der Waals surface area contributed by atoms with Crippen LogP contribution in [0.25, 0.3) is 0 Å². The van der Waals surface area contributed by atoms with Crippen molar-refractivity contribution in [2.75, 3.05) is 52.9 Å². The van der Waals surface area contributed by atoms with Gasteiger partial charge in [-0.15, -0.1) is 0 Å². The van der Waals surface area contributed by atoms with E-state index in [0.29, 0.717) is 75.9 Å². The van der Waals surface area contributed by atoms with Crippen LogP contribution in [-0.2, 0) is 9.47 Å². The Morgan fingerprint density at radius 1 is 0.464 bits per heavy atom. The average molecular weight is 518 g/mol. The fraction of sp³-hybridized carbons (Fsp3) is 0.400. The monoisotopic (exact) mass is 516 g/mol. The van der Waals surface area contributed by atoms with E-state index in [0.717, 1.165) is 8.95 Å². The summed E-state index contributed by atoms with van der Waals surface area (Å²) in [6.45, 7) is 3.45. The van der Waals surface area contributed by atoms with Crippen molar-refractivity contribution < 1.29 is 28.4 Å². The van der Waals surface area contributed by atoms with Gasteiger partial charge in [0.25, 0.3) is 0 Å². The van der Waals surface area contributed by atoms with Gasteiger partial charge in [0.05, 0.1) is 26.4 Å². The van der Waals surface area contributed by atoms with Gasteiger partial charge in [0.1, 0.15) is 26.4 Å². The molecule has 152 valence electrons. The summed E-state index contributed by atoms with van der Waals surface area (Å²) in [7, 11) is 0. The van der Waals surface area contributed by atoms with Gasteiger partial charge in [0, 0.05) is 8.95 Å². The molecule has 0 N–H and O–H groups in total. The molecular formula is C20H22Br2O6. The van der Waals surface area contributed by atoms with Crippen LogP contribution < -0.4 is 18.9 Å². The highest BCUT2D eigenvalue weighted by Crippen LogP contribution is 2.31. The lowest BCUT2D eigenvalue weighted by Gasteiger charge is -2.16. The molecule has 0 radical (unpaired) electrons. The Labute approximate surface area is 181 Å². The largest absolute Gasteiger partial charge is 0.487 e. The van der Waals surface area contributed by atoms with Crippen LogP contribution >= 0.6 is 31.9 Å². The van der Waals surface area contributed by atoms with Crippen LogP contribution in [-0.4, -0.2) is 52.9 Å². The van der Waals surface area contributed by atoms with E-state index in [1.165, 1.54) is 0 Å². The van der Waals surface area contributed by atoms with Gasteiger partial charge >= 0.3 is 0 Å². The second kappa shape index (κ2) is 11.5. The second-order valence-corrected chi connectivity index (χ2v) is 7.63. The summed E-state index contributed by atoms with van der Waals surface area (Å²) in [4.78, 5) is 0. The topological polar surface area (TPSA) is 55.4 Å². The van der Waals surface area contributed by atoms with E-state index in [2.05, 4.69) is 31.9 Å². The van der Waals surface area contributed by atoms with Gasteiger partial charge in [-0.05, 0) is 36.4 Å². The van der Waals surface area contributed by atoms with Gasteiger partial charge < -0.3 is 28.4 Å². The summed E-state index contributed by atoms with van der Waals surface area (Å²) < 4.78 is 36.2. The van der Waals surface area contributed by atoms with Crippen molar-refractivity contribution in [1.82, 2.24) is 0 Å². The van der Waals surface area contributed by atoms with Crippen molar-refractivity contribution in [2.24, 2.45) is 0 Å². The molecule has 2 aromatic carbocycles. The Hall–Kier alpha value is -1.48. The highest BCUT2D eigenvalue weighted by molar-refractivity contribution is 9.10. The third-order valence-electron chi connectivity index (χ3n) is 3.75. The first-order valence-electron chi connectivity index (χ1n) is 8.98. The normalized spacial score (nSPS) is 16.6. The average Bonchev–Trinajstić information content (AvgIpc) is 2.68. The first kappa shape index (κ1) is 21.2. The number of benzene rings is 2. The van der Waals surface area contributed by atoms with Gasteiger partial charge in [-0.1, -0.05) is 31.9 Å². The van der Waals surface area contributed by atoms with Crippen molar-refractivity contribution in [3.8, 4) is 23.0 Å². The van der Waals surface area contributed by atoms with E-state index >= 15 is 0 Å². The molecule has 3 rings (SSSR count). The highest BCUT2D eigenvalue weighted by Gasteiger charge is 2.09. The van der Waals surface area contributed by atoms with Crippen molar-refractivity contribution in [3.63, 3.8) is 0 Å². The Bertz CT molecular complexity index is 694. The second-order valence-electron chi connectivity index (χ2n) is 5.80. The predicted molar refractivity (Wildman–Crippen MR) is 112 cm³/mol. The molecule has 0 aliphatic carbocycles. The Balaban J connectivity index is 1.60. The van der Waals surface area contributed by atoms with Gasteiger partial charge in [-0.2, -0.15) is 0 Å². The van der Waals surface area contributed by atoms with E-state index in [-0.39, 0.29) is 0 Å². The lowest BCUT2D eigenvalue weighted by atomic mass is 10.3. The Morgan fingerprint density at radius 2 is 0.821 bits per heavy atom. The first-order valence-corrected chi connectivity index (χ1v) is 10.6. The Kier molecular flexibility index (Phi) is 8.72. The summed E-state index contributed by atoms with van der Waals surface area (Å²) in [6, 6.07) is 11.3. The third kappa shape index (κ3) is 6.84. The highest BCUT2D eigenvalue weighted by atomic mass is 79.9. The molecule has 0 bridgehead atoms. The number of ether oxygens (including phenoxy) is 6. The minimum absolute atomic E-state index is 0.411. The summed E-state index contributed by atoms with van der Waals surface area (Å²) in [5.41, 5.74) is 0. The van der Waals surface area contributed by atoms with E-state index in [1.807, 2.05) is 36.4 Å². The number of rotatable bonds is 0. The maximum absolute atomic E-state index is 5.80. The molecule has 0 unspecified atom stereocenters. The lowest BCUT2D eigenvalue weighted by Crippen LogP contribution is -2.15. The zero-order valence-corrected chi connectivity index (χ0v) is 18.5. The van der Waals surface area contributed by atoms with E-state index in [4.69, 9.17) is 28.4 Å². The van der Waals surface area contributed by atoms with E-state index in [9.17, 15) is 0 Å². The molecule has 0 spiro atoms. The van der Waals surface area contributed by atoms with Crippen LogP contribution in [0.1, 0.15) is 0 Å². The van der Waals surface area contributed by atoms with Crippen molar-refractivity contribution >= 4 is 31.9 Å². The SMILES string of the molecule is Brc1ccc2c(c1)OCCOCCOc1cc(Br)ccc1OCCOCCO2. The fourth-order valence-corrected chi connectivity index (χ4v) is 3.15. The summed E-state index contributed by atoms with van der Waals surface area (Å²) >= 11 is 6.90. The lowest BCUT2D eigenvalue weighted by molar-refractivity contribution is 0.0640. The molecule has 0 fully saturated rings. The van der Waals surface area contributed by atoms with E-state index < -0.39 is 0 Å². The van der Waals surface area contributed by atoms with Crippen molar-refractivity contribution in [1.29, 1.82) is 0 Å². The minimum atomic E-state index is 0.411. The molecule has 6 nitrogen and oxygen atoms in total. The molecule has 0 amide bonds. The quantitative estimate of drug-likeness (QED) is 0.513. The first-order chi connectivity index (χ1) is 13.7. The zero-order valence-electron chi connectivity index (χ0n) is 15.3. The third-order valence-corrected chi connectivity index (χ3v) is 4.74.